The summed E-state index contributed by atoms with van der Waals surface area (Å²) in [5.74, 6) is -0.915. The van der Waals surface area contributed by atoms with Crippen LogP contribution >= 0.6 is 34.8 Å². The van der Waals surface area contributed by atoms with E-state index in [-0.39, 0.29) is 27.2 Å². The molecule has 0 saturated heterocycles. The van der Waals surface area contributed by atoms with Crippen LogP contribution in [0.15, 0.2) is 66.7 Å². The molecule has 1 N–H and O–H groups in total. The van der Waals surface area contributed by atoms with Crippen LogP contribution in [0, 0.1) is 0 Å². The lowest BCUT2D eigenvalue weighted by Crippen LogP contribution is -2.40. The SMILES string of the molecule is O=C1c2ccccc2C(=O)N1Cc1ccc(/C=C/C(O)(c2cc(Cl)cc(Cl)c2)C(F)(F)F)cc1Cl. The average molecular weight is 541 g/mol. The van der Waals surface area contributed by atoms with Crippen molar-refractivity contribution in [2.75, 3.05) is 0 Å². The van der Waals surface area contributed by atoms with Gasteiger partial charge in [-0.3, -0.25) is 14.5 Å². The second-order valence-corrected chi connectivity index (χ2v) is 9.13. The van der Waals surface area contributed by atoms with Crippen molar-refractivity contribution in [3.05, 3.63) is 110 Å². The number of amides is 2. The number of nitrogens with zero attached hydrogens (tertiary/aromatic N) is 1. The first-order valence-electron chi connectivity index (χ1n) is 10.1. The summed E-state index contributed by atoms with van der Waals surface area (Å²) in [4.78, 5) is 26.2. The molecule has 180 valence electrons. The largest absolute Gasteiger partial charge is 0.425 e. The van der Waals surface area contributed by atoms with E-state index in [9.17, 15) is 27.9 Å². The van der Waals surface area contributed by atoms with Gasteiger partial charge in [0.15, 0.2) is 0 Å². The van der Waals surface area contributed by atoms with E-state index in [1.807, 2.05) is 0 Å². The lowest BCUT2D eigenvalue weighted by Gasteiger charge is -2.28. The van der Waals surface area contributed by atoms with E-state index in [1.165, 1.54) is 24.3 Å². The number of alkyl halides is 3. The van der Waals surface area contributed by atoms with Gasteiger partial charge in [-0.2, -0.15) is 13.2 Å². The number of benzene rings is 3. The first kappa shape index (κ1) is 25.3. The molecule has 0 radical (unpaired) electrons. The molecule has 0 aromatic heterocycles. The predicted molar refractivity (Wildman–Crippen MR) is 128 cm³/mol. The van der Waals surface area contributed by atoms with Crippen LogP contribution in [0.4, 0.5) is 13.2 Å². The fourth-order valence-electron chi connectivity index (χ4n) is 3.69. The Hall–Kier alpha value is -2.84. The van der Waals surface area contributed by atoms with Gasteiger partial charge in [0, 0.05) is 15.1 Å². The predicted octanol–water partition coefficient (Wildman–Crippen LogP) is 6.91. The lowest BCUT2D eigenvalue weighted by atomic mass is 9.91. The molecule has 1 aliphatic rings. The van der Waals surface area contributed by atoms with Crippen LogP contribution in [0.3, 0.4) is 0 Å². The van der Waals surface area contributed by atoms with E-state index in [0.29, 0.717) is 22.8 Å². The van der Waals surface area contributed by atoms with E-state index >= 15 is 0 Å². The van der Waals surface area contributed by atoms with Gasteiger partial charge in [0.2, 0.25) is 5.60 Å². The molecule has 4 rings (SSSR count). The fourth-order valence-corrected chi connectivity index (χ4v) is 4.47. The number of hydrogen-bond donors (Lipinski definition) is 1. The Labute approximate surface area is 213 Å². The van der Waals surface area contributed by atoms with Gasteiger partial charge in [-0.05, 0) is 59.2 Å². The van der Waals surface area contributed by atoms with E-state index < -0.39 is 29.2 Å². The van der Waals surface area contributed by atoms with Crippen LogP contribution in [-0.4, -0.2) is 28.0 Å². The highest BCUT2D eigenvalue weighted by Crippen LogP contribution is 2.42. The van der Waals surface area contributed by atoms with Crippen molar-refractivity contribution in [1.82, 2.24) is 4.90 Å². The standard InChI is InChI=1S/C25H15Cl3F3NO3/c26-17-10-16(11-18(27)12-17)24(35,25(29,30)31)8-7-14-5-6-15(21(28)9-14)13-32-22(33)19-3-1-2-4-20(19)23(32)34/h1-12,35H,13H2/b8-7+. The summed E-state index contributed by atoms with van der Waals surface area (Å²) in [7, 11) is 0. The highest BCUT2D eigenvalue weighted by molar-refractivity contribution is 6.34. The van der Waals surface area contributed by atoms with E-state index in [0.717, 1.165) is 23.1 Å². The molecule has 3 aromatic carbocycles. The van der Waals surface area contributed by atoms with Crippen molar-refractivity contribution in [3.63, 3.8) is 0 Å². The van der Waals surface area contributed by atoms with Crippen molar-refractivity contribution < 1.29 is 27.9 Å². The van der Waals surface area contributed by atoms with Crippen LogP contribution in [0.5, 0.6) is 0 Å². The minimum Gasteiger partial charge on any atom is -0.373 e. The zero-order valence-corrected chi connectivity index (χ0v) is 19.9. The molecule has 0 fully saturated rings. The van der Waals surface area contributed by atoms with Gasteiger partial charge in [0.05, 0.1) is 17.7 Å². The topological polar surface area (TPSA) is 57.6 Å². The molecular weight excluding hydrogens is 526 g/mol. The molecule has 0 saturated carbocycles. The quantitative estimate of drug-likeness (QED) is 0.358. The minimum absolute atomic E-state index is 0.0656. The Kier molecular flexibility index (Phi) is 6.72. The number of carbonyl (C=O) groups is 2. The molecule has 0 aliphatic carbocycles. The van der Waals surface area contributed by atoms with Gasteiger partial charge in [-0.1, -0.05) is 65.1 Å². The Bertz CT molecular complexity index is 1320. The second kappa shape index (κ2) is 9.32. The second-order valence-electron chi connectivity index (χ2n) is 7.85. The third kappa shape index (κ3) is 4.82. The Morgan fingerprint density at radius 1 is 0.857 bits per heavy atom. The van der Waals surface area contributed by atoms with Crippen LogP contribution in [-0.2, 0) is 12.1 Å². The maximum atomic E-state index is 13.8. The average Bonchev–Trinajstić information content (AvgIpc) is 3.02. The number of carbonyl (C=O) groups excluding carboxylic acids is 2. The number of halogens is 6. The van der Waals surface area contributed by atoms with Crippen molar-refractivity contribution in [2.24, 2.45) is 0 Å². The van der Waals surface area contributed by atoms with Gasteiger partial charge < -0.3 is 5.11 Å². The Balaban J connectivity index is 1.60. The molecule has 4 nitrogen and oxygen atoms in total. The Morgan fingerprint density at radius 2 is 1.43 bits per heavy atom. The summed E-state index contributed by atoms with van der Waals surface area (Å²) in [5, 5.41) is 10.5. The molecular formula is C25H15Cl3F3NO3. The molecule has 2 amide bonds. The van der Waals surface area contributed by atoms with E-state index in [1.54, 1.807) is 24.3 Å². The molecule has 10 heteroatoms. The van der Waals surface area contributed by atoms with Crippen molar-refractivity contribution in [1.29, 1.82) is 0 Å². The Morgan fingerprint density at radius 3 is 1.94 bits per heavy atom. The lowest BCUT2D eigenvalue weighted by molar-refractivity contribution is -0.244. The number of aliphatic hydroxyl groups is 1. The highest BCUT2D eigenvalue weighted by atomic mass is 35.5. The molecule has 35 heavy (non-hydrogen) atoms. The summed E-state index contributed by atoms with van der Waals surface area (Å²) in [5.41, 5.74) is -2.66. The normalized spacial score (nSPS) is 15.6. The van der Waals surface area contributed by atoms with Gasteiger partial charge in [0.25, 0.3) is 11.8 Å². The monoisotopic (exact) mass is 539 g/mol. The molecule has 0 bridgehead atoms. The third-order valence-electron chi connectivity index (χ3n) is 5.54. The van der Waals surface area contributed by atoms with Crippen molar-refractivity contribution in [2.45, 2.75) is 18.3 Å². The molecule has 1 atom stereocenters. The summed E-state index contributed by atoms with van der Waals surface area (Å²) >= 11 is 18.0. The first-order chi connectivity index (χ1) is 16.4. The van der Waals surface area contributed by atoms with Crippen LogP contribution < -0.4 is 0 Å². The molecule has 0 spiro atoms. The summed E-state index contributed by atoms with van der Waals surface area (Å²) in [6, 6.07) is 13.9. The van der Waals surface area contributed by atoms with Crippen LogP contribution in [0.25, 0.3) is 6.08 Å². The number of imide groups is 1. The maximum absolute atomic E-state index is 13.8. The van der Waals surface area contributed by atoms with Gasteiger partial charge in [-0.15, -0.1) is 0 Å². The van der Waals surface area contributed by atoms with Crippen LogP contribution in [0.2, 0.25) is 15.1 Å². The van der Waals surface area contributed by atoms with Gasteiger partial charge in [0.1, 0.15) is 0 Å². The summed E-state index contributed by atoms with van der Waals surface area (Å²) in [6.07, 6.45) is -3.45. The molecule has 3 aromatic rings. The zero-order chi connectivity index (χ0) is 25.5. The van der Waals surface area contributed by atoms with E-state index in [2.05, 4.69) is 0 Å². The molecule has 1 aliphatic heterocycles. The third-order valence-corrected chi connectivity index (χ3v) is 6.32. The summed E-state index contributed by atoms with van der Waals surface area (Å²) < 4.78 is 41.5. The highest BCUT2D eigenvalue weighted by Gasteiger charge is 2.53. The van der Waals surface area contributed by atoms with Crippen molar-refractivity contribution >= 4 is 52.7 Å². The van der Waals surface area contributed by atoms with Crippen LogP contribution in [0.1, 0.15) is 37.4 Å². The van der Waals surface area contributed by atoms with Gasteiger partial charge in [-0.25, -0.2) is 0 Å². The van der Waals surface area contributed by atoms with Gasteiger partial charge >= 0.3 is 6.18 Å². The fraction of sp³-hybridized carbons (Fsp3) is 0.120. The number of rotatable bonds is 5. The van der Waals surface area contributed by atoms with E-state index in [4.69, 9.17) is 34.8 Å². The molecule has 1 heterocycles. The summed E-state index contributed by atoms with van der Waals surface area (Å²) in [6.45, 7) is -0.108. The molecule has 1 unspecified atom stereocenters. The number of fused-ring (bicyclic) bond motifs is 1. The first-order valence-corrected chi connectivity index (χ1v) is 11.2. The smallest absolute Gasteiger partial charge is 0.373 e. The zero-order valence-electron chi connectivity index (χ0n) is 17.6. The van der Waals surface area contributed by atoms with Crippen molar-refractivity contribution in [3.8, 4) is 0 Å². The minimum atomic E-state index is -5.08. The number of hydrogen-bond acceptors (Lipinski definition) is 3. The maximum Gasteiger partial charge on any atom is 0.425 e.